The minimum atomic E-state index is -0.964. The lowest BCUT2D eigenvalue weighted by Gasteiger charge is -2.37. The standard InChI is InChI=1S/C23H25BrN4O5/c1-23(2,13-24)19(33-22(30)27-21(29)31-3)20(28-15-25-14-26-28)32-18-11-9-17(10-12-18)16-7-5-4-6-8-16/h4-12,14-15,19-20H,13H2,1-3H3,(H,27,29,30). The van der Waals surface area contributed by atoms with Gasteiger partial charge in [-0.15, -0.1) is 0 Å². The predicted octanol–water partition coefficient (Wildman–Crippen LogP) is 4.81. The molecule has 2 aromatic carbocycles. The molecule has 9 nitrogen and oxygen atoms in total. The molecule has 2 atom stereocenters. The number of alkyl carbamates (subject to hydrolysis) is 2. The average molecular weight is 517 g/mol. The van der Waals surface area contributed by atoms with Gasteiger partial charge in [-0.1, -0.05) is 72.2 Å². The SMILES string of the molecule is COC(=O)NC(=O)OC(C(Oc1ccc(-c2ccccc2)cc1)n1cncn1)C(C)(C)CBr. The van der Waals surface area contributed by atoms with Gasteiger partial charge in [0.05, 0.1) is 7.11 Å². The number of amides is 2. The number of aromatic nitrogens is 3. The van der Waals surface area contributed by atoms with Crippen molar-refractivity contribution in [2.45, 2.75) is 26.2 Å². The van der Waals surface area contributed by atoms with Crippen LogP contribution in [0.1, 0.15) is 20.1 Å². The Morgan fingerprint density at radius 1 is 1.06 bits per heavy atom. The van der Waals surface area contributed by atoms with Gasteiger partial charge in [-0.3, -0.25) is 0 Å². The van der Waals surface area contributed by atoms with E-state index in [1.807, 2.05) is 73.8 Å². The molecule has 1 aromatic heterocycles. The van der Waals surface area contributed by atoms with Crippen molar-refractivity contribution in [3.63, 3.8) is 0 Å². The summed E-state index contributed by atoms with van der Waals surface area (Å²) in [5, 5.41) is 6.67. The number of nitrogens with one attached hydrogen (secondary N) is 1. The van der Waals surface area contributed by atoms with E-state index in [-0.39, 0.29) is 0 Å². The fraction of sp³-hybridized carbons (Fsp3) is 0.304. The maximum absolute atomic E-state index is 12.4. The highest BCUT2D eigenvalue weighted by Gasteiger charge is 2.42. The van der Waals surface area contributed by atoms with E-state index in [1.54, 1.807) is 0 Å². The molecule has 3 rings (SSSR count). The summed E-state index contributed by atoms with van der Waals surface area (Å²) in [6.07, 6.45) is -0.786. The van der Waals surface area contributed by atoms with Crippen LogP contribution in [0, 0.1) is 5.41 Å². The van der Waals surface area contributed by atoms with E-state index in [4.69, 9.17) is 9.47 Å². The first-order chi connectivity index (χ1) is 15.8. The maximum Gasteiger partial charge on any atom is 0.417 e. The number of carbonyl (C=O) groups is 2. The van der Waals surface area contributed by atoms with Crippen molar-refractivity contribution in [3.8, 4) is 16.9 Å². The summed E-state index contributed by atoms with van der Waals surface area (Å²) in [5.74, 6) is 0.544. The molecule has 0 aliphatic carbocycles. The summed E-state index contributed by atoms with van der Waals surface area (Å²) >= 11 is 3.47. The van der Waals surface area contributed by atoms with Gasteiger partial charge >= 0.3 is 12.2 Å². The number of carbonyl (C=O) groups excluding carboxylic acids is 2. The Morgan fingerprint density at radius 3 is 2.30 bits per heavy atom. The lowest BCUT2D eigenvalue weighted by atomic mass is 9.87. The molecule has 1 heterocycles. The van der Waals surface area contributed by atoms with E-state index in [0.717, 1.165) is 18.2 Å². The fourth-order valence-corrected chi connectivity index (χ4v) is 3.38. The first-order valence-electron chi connectivity index (χ1n) is 10.1. The van der Waals surface area contributed by atoms with Crippen molar-refractivity contribution >= 4 is 28.1 Å². The third kappa shape index (κ3) is 6.32. The zero-order chi connectivity index (χ0) is 23.8. The van der Waals surface area contributed by atoms with Gasteiger partial charge in [0.2, 0.25) is 6.23 Å². The predicted molar refractivity (Wildman–Crippen MR) is 125 cm³/mol. The number of imide groups is 1. The largest absolute Gasteiger partial charge is 0.465 e. The van der Waals surface area contributed by atoms with Gasteiger partial charge in [0.1, 0.15) is 18.4 Å². The Labute approximate surface area is 200 Å². The molecule has 0 saturated carbocycles. The number of hydrogen-bond acceptors (Lipinski definition) is 7. The molecule has 0 aliphatic heterocycles. The van der Waals surface area contributed by atoms with Gasteiger partial charge in [-0.2, -0.15) is 5.10 Å². The van der Waals surface area contributed by atoms with Crippen molar-refractivity contribution < 1.29 is 23.8 Å². The Bertz CT molecular complexity index is 1040. The quantitative estimate of drug-likeness (QED) is 0.428. The van der Waals surface area contributed by atoms with Crippen LogP contribution < -0.4 is 10.1 Å². The van der Waals surface area contributed by atoms with Gasteiger partial charge in [0, 0.05) is 10.7 Å². The average Bonchev–Trinajstić information content (AvgIpc) is 3.37. The third-order valence-electron chi connectivity index (χ3n) is 4.91. The van der Waals surface area contributed by atoms with Crippen LogP contribution in [0.3, 0.4) is 0 Å². The molecule has 0 bridgehead atoms. The second-order valence-electron chi connectivity index (χ2n) is 7.84. The third-order valence-corrected chi connectivity index (χ3v) is 6.36. The smallest absolute Gasteiger partial charge is 0.417 e. The molecule has 33 heavy (non-hydrogen) atoms. The van der Waals surface area contributed by atoms with Gasteiger partial charge in [-0.05, 0) is 23.3 Å². The molecule has 2 unspecified atom stereocenters. The molecule has 1 N–H and O–H groups in total. The zero-order valence-electron chi connectivity index (χ0n) is 18.5. The lowest BCUT2D eigenvalue weighted by molar-refractivity contribution is -0.0771. The first-order valence-corrected chi connectivity index (χ1v) is 11.2. The number of rotatable bonds is 8. The summed E-state index contributed by atoms with van der Waals surface area (Å²) in [6, 6.07) is 17.5. The highest BCUT2D eigenvalue weighted by atomic mass is 79.9. The molecule has 10 heteroatoms. The molecule has 0 fully saturated rings. The molecule has 3 aromatic rings. The first kappa shape index (κ1) is 24.2. The molecule has 0 spiro atoms. The van der Waals surface area contributed by atoms with E-state index < -0.39 is 29.9 Å². The van der Waals surface area contributed by atoms with E-state index in [0.29, 0.717) is 11.1 Å². The van der Waals surface area contributed by atoms with Gasteiger partial charge in [-0.25, -0.2) is 24.6 Å². The van der Waals surface area contributed by atoms with E-state index in [2.05, 4.69) is 30.7 Å². The Balaban J connectivity index is 1.89. The normalized spacial score (nSPS) is 13.0. The van der Waals surface area contributed by atoms with Crippen LogP contribution in [0.15, 0.2) is 67.3 Å². The molecule has 2 amide bonds. The molecule has 174 valence electrons. The minimum absolute atomic E-state index is 0.470. The Hall–Kier alpha value is -3.40. The van der Waals surface area contributed by atoms with Crippen molar-refractivity contribution in [1.82, 2.24) is 20.1 Å². The number of alkyl halides is 1. The van der Waals surface area contributed by atoms with Gasteiger partial charge < -0.3 is 14.2 Å². The molecular formula is C23H25BrN4O5. The highest BCUT2D eigenvalue weighted by Crippen LogP contribution is 2.35. The van der Waals surface area contributed by atoms with Crippen LogP contribution in [0.25, 0.3) is 11.1 Å². The van der Waals surface area contributed by atoms with Crippen molar-refractivity contribution in [3.05, 3.63) is 67.3 Å². The van der Waals surface area contributed by atoms with Crippen LogP contribution in [-0.4, -0.2) is 45.5 Å². The van der Waals surface area contributed by atoms with E-state index in [9.17, 15) is 9.59 Å². The molecule has 0 radical (unpaired) electrons. The maximum atomic E-state index is 12.4. The number of methoxy groups -OCH3 is 1. The van der Waals surface area contributed by atoms with Crippen molar-refractivity contribution in [2.24, 2.45) is 5.41 Å². The van der Waals surface area contributed by atoms with Crippen molar-refractivity contribution in [1.29, 1.82) is 0 Å². The second kappa shape index (κ2) is 11.0. The second-order valence-corrected chi connectivity index (χ2v) is 8.40. The monoisotopic (exact) mass is 516 g/mol. The summed E-state index contributed by atoms with van der Waals surface area (Å²) in [6.45, 7) is 3.78. The lowest BCUT2D eigenvalue weighted by Crippen LogP contribution is -2.47. The fourth-order valence-electron chi connectivity index (χ4n) is 3.06. The van der Waals surface area contributed by atoms with Crippen LogP contribution in [0.5, 0.6) is 5.75 Å². The number of ether oxygens (including phenoxy) is 3. The van der Waals surface area contributed by atoms with E-state index in [1.165, 1.54) is 17.3 Å². The minimum Gasteiger partial charge on any atom is -0.465 e. The number of benzene rings is 2. The summed E-state index contributed by atoms with van der Waals surface area (Å²) < 4.78 is 17.8. The molecular weight excluding hydrogens is 492 g/mol. The van der Waals surface area contributed by atoms with Gasteiger partial charge in [0.25, 0.3) is 0 Å². The highest BCUT2D eigenvalue weighted by molar-refractivity contribution is 9.09. The molecule has 0 saturated heterocycles. The van der Waals surface area contributed by atoms with Crippen LogP contribution in [0.2, 0.25) is 0 Å². The summed E-state index contributed by atoms with van der Waals surface area (Å²) in [5.41, 5.74) is 1.50. The van der Waals surface area contributed by atoms with Crippen LogP contribution >= 0.6 is 15.9 Å². The van der Waals surface area contributed by atoms with Crippen LogP contribution in [0.4, 0.5) is 9.59 Å². The molecule has 0 aliphatic rings. The van der Waals surface area contributed by atoms with E-state index >= 15 is 0 Å². The number of halogens is 1. The number of hydrogen-bond donors (Lipinski definition) is 1. The number of nitrogens with zero attached hydrogens (tertiary/aromatic N) is 3. The van der Waals surface area contributed by atoms with Crippen LogP contribution in [-0.2, 0) is 9.47 Å². The van der Waals surface area contributed by atoms with Crippen molar-refractivity contribution in [2.75, 3.05) is 12.4 Å². The summed E-state index contributed by atoms with van der Waals surface area (Å²) in [4.78, 5) is 27.8. The zero-order valence-corrected chi connectivity index (χ0v) is 20.1. The van der Waals surface area contributed by atoms with Gasteiger partial charge in [0.15, 0.2) is 6.10 Å². The summed E-state index contributed by atoms with van der Waals surface area (Å²) in [7, 11) is 1.16. The Morgan fingerprint density at radius 2 is 1.73 bits per heavy atom. The topological polar surface area (TPSA) is 105 Å². The Kier molecular flexibility index (Phi) is 8.05.